The zero-order valence-electron chi connectivity index (χ0n) is 14.3. The molecule has 1 aliphatic heterocycles. The van der Waals surface area contributed by atoms with Gasteiger partial charge >= 0.3 is 0 Å². The van der Waals surface area contributed by atoms with Gasteiger partial charge in [-0.1, -0.05) is 6.07 Å². The Morgan fingerprint density at radius 2 is 2.08 bits per heavy atom. The van der Waals surface area contributed by atoms with Crippen LogP contribution in [0.25, 0.3) is 5.52 Å². The zero-order chi connectivity index (χ0) is 17.7. The minimum absolute atomic E-state index is 0.145. The van der Waals surface area contributed by atoms with Gasteiger partial charge in [0.2, 0.25) is 5.95 Å². The van der Waals surface area contributed by atoms with E-state index in [9.17, 15) is 0 Å². The maximum absolute atomic E-state index is 5.75. The van der Waals surface area contributed by atoms with Gasteiger partial charge in [-0.15, -0.1) is 0 Å². The maximum Gasteiger partial charge on any atom is 0.226 e. The predicted molar refractivity (Wildman–Crippen MR) is 97.9 cm³/mol. The van der Waals surface area contributed by atoms with Crippen molar-refractivity contribution in [3.63, 3.8) is 0 Å². The van der Waals surface area contributed by atoms with Crippen molar-refractivity contribution in [1.29, 1.82) is 0 Å². The number of aromatic amines is 1. The lowest BCUT2D eigenvalue weighted by atomic mass is 10.00. The second-order valence-electron chi connectivity index (χ2n) is 6.52. The molecular formula is C18H18N8. The summed E-state index contributed by atoms with van der Waals surface area (Å²) < 4.78 is 1.91. The highest BCUT2D eigenvalue weighted by Crippen LogP contribution is 2.35. The molecule has 0 unspecified atom stereocenters. The van der Waals surface area contributed by atoms with Crippen LogP contribution in [-0.2, 0) is 6.42 Å². The Labute approximate surface area is 149 Å². The monoisotopic (exact) mass is 346 g/mol. The highest BCUT2D eigenvalue weighted by molar-refractivity contribution is 5.57. The minimum Gasteiger partial charge on any atom is -0.396 e. The zero-order valence-corrected chi connectivity index (χ0v) is 14.3. The number of anilines is 2. The highest BCUT2D eigenvalue weighted by Gasteiger charge is 2.34. The molecule has 1 aliphatic rings. The van der Waals surface area contributed by atoms with Gasteiger partial charge < -0.3 is 15.6 Å². The lowest BCUT2D eigenvalue weighted by Gasteiger charge is -2.33. The summed E-state index contributed by atoms with van der Waals surface area (Å²) in [5, 5.41) is 4.81. The van der Waals surface area contributed by atoms with E-state index in [2.05, 4.69) is 43.9 Å². The lowest BCUT2D eigenvalue weighted by molar-refractivity contribution is 0.602. The number of aryl methyl sites for hydroxylation is 1. The third kappa shape index (κ3) is 2.22. The van der Waals surface area contributed by atoms with E-state index in [1.165, 1.54) is 5.56 Å². The van der Waals surface area contributed by atoms with Crippen molar-refractivity contribution < 1.29 is 0 Å². The number of nitrogen functional groups attached to an aromatic ring is 1. The Morgan fingerprint density at radius 1 is 1.23 bits per heavy atom. The van der Waals surface area contributed by atoms with E-state index < -0.39 is 0 Å². The Kier molecular flexibility index (Phi) is 3.18. The van der Waals surface area contributed by atoms with Crippen LogP contribution in [-0.4, -0.2) is 36.1 Å². The van der Waals surface area contributed by atoms with Gasteiger partial charge in [0.15, 0.2) is 0 Å². The van der Waals surface area contributed by atoms with Gasteiger partial charge in [-0.2, -0.15) is 5.10 Å². The number of pyridine rings is 1. The van der Waals surface area contributed by atoms with Gasteiger partial charge in [0, 0.05) is 24.9 Å². The van der Waals surface area contributed by atoms with Crippen molar-refractivity contribution in [3.05, 3.63) is 65.8 Å². The van der Waals surface area contributed by atoms with Crippen LogP contribution in [0.5, 0.6) is 0 Å². The van der Waals surface area contributed by atoms with Crippen LogP contribution in [0.2, 0.25) is 0 Å². The maximum atomic E-state index is 5.75. The van der Waals surface area contributed by atoms with Crippen LogP contribution >= 0.6 is 0 Å². The summed E-state index contributed by atoms with van der Waals surface area (Å²) in [5.41, 5.74) is 11.6. The van der Waals surface area contributed by atoms with E-state index in [1.54, 1.807) is 18.7 Å². The molecule has 0 fully saturated rings. The minimum atomic E-state index is -0.145. The number of H-pyrrole nitrogens is 1. The van der Waals surface area contributed by atoms with Crippen molar-refractivity contribution >= 4 is 17.2 Å². The van der Waals surface area contributed by atoms with E-state index >= 15 is 0 Å². The summed E-state index contributed by atoms with van der Waals surface area (Å²) in [6.45, 7) is 2.86. The molecular weight excluding hydrogens is 328 g/mol. The molecule has 5 rings (SSSR count). The van der Waals surface area contributed by atoms with Gasteiger partial charge in [-0.3, -0.25) is 0 Å². The van der Waals surface area contributed by atoms with Gasteiger partial charge in [-0.05, 0) is 24.6 Å². The quantitative estimate of drug-likeness (QED) is 0.575. The average Bonchev–Trinajstić information content (AvgIpc) is 3.29. The molecule has 0 saturated heterocycles. The Bertz CT molecular complexity index is 1080. The summed E-state index contributed by atoms with van der Waals surface area (Å²) >= 11 is 0. The average molecular weight is 346 g/mol. The molecule has 5 heterocycles. The van der Waals surface area contributed by atoms with Crippen LogP contribution in [0.3, 0.4) is 0 Å². The smallest absolute Gasteiger partial charge is 0.226 e. The lowest BCUT2D eigenvalue weighted by Crippen LogP contribution is -2.37. The van der Waals surface area contributed by atoms with Crippen molar-refractivity contribution in [2.24, 2.45) is 0 Å². The number of rotatable bonds is 2. The molecule has 130 valence electrons. The molecule has 8 nitrogen and oxygen atoms in total. The van der Waals surface area contributed by atoms with E-state index in [0.717, 1.165) is 35.6 Å². The van der Waals surface area contributed by atoms with Crippen LogP contribution in [0.15, 0.2) is 43.1 Å². The van der Waals surface area contributed by atoms with Crippen LogP contribution in [0.4, 0.5) is 11.6 Å². The second kappa shape index (κ2) is 5.55. The highest BCUT2D eigenvalue weighted by atomic mass is 15.3. The SMILES string of the molecule is Cc1cccn2nc([C@H]3c4nc[nH]c4CCN3c3ncc(N)cn3)cc12. The first kappa shape index (κ1) is 14.9. The molecule has 4 aromatic rings. The fourth-order valence-corrected chi connectivity index (χ4v) is 3.58. The molecule has 0 bridgehead atoms. The largest absolute Gasteiger partial charge is 0.396 e. The standard InChI is InChI=1S/C18H18N8/c1-11-3-2-5-26-15(11)7-14(24-26)17-16-13(22-10-23-16)4-6-25(17)18-20-8-12(19)9-21-18/h2-3,5,7-10,17H,4,6,19H2,1H3,(H,22,23)/t17-/m0/s1. The first-order chi connectivity index (χ1) is 12.7. The molecule has 0 aliphatic carbocycles. The normalized spacial score (nSPS) is 16.8. The number of hydrogen-bond donors (Lipinski definition) is 2. The van der Waals surface area contributed by atoms with E-state index in [1.807, 2.05) is 16.8 Å². The van der Waals surface area contributed by atoms with Gasteiger partial charge in [0.1, 0.15) is 6.04 Å². The van der Waals surface area contributed by atoms with E-state index in [-0.39, 0.29) is 6.04 Å². The molecule has 0 saturated carbocycles. The number of nitrogens with two attached hydrogens (primary N) is 1. The number of nitrogens with zero attached hydrogens (tertiary/aromatic N) is 6. The number of fused-ring (bicyclic) bond motifs is 2. The van der Waals surface area contributed by atoms with Crippen molar-refractivity contribution in [2.75, 3.05) is 17.2 Å². The van der Waals surface area contributed by atoms with Crippen molar-refractivity contribution in [3.8, 4) is 0 Å². The van der Waals surface area contributed by atoms with E-state index in [4.69, 9.17) is 10.8 Å². The molecule has 0 amide bonds. The van der Waals surface area contributed by atoms with Gasteiger partial charge in [-0.25, -0.2) is 19.5 Å². The van der Waals surface area contributed by atoms with E-state index in [0.29, 0.717) is 11.6 Å². The number of aromatic nitrogens is 6. The number of nitrogens with one attached hydrogen (secondary N) is 1. The molecule has 4 aromatic heterocycles. The Balaban J connectivity index is 1.68. The number of imidazole rings is 1. The molecule has 0 radical (unpaired) electrons. The third-order valence-electron chi connectivity index (χ3n) is 4.85. The predicted octanol–water partition coefficient (Wildman–Crippen LogP) is 1.89. The fourth-order valence-electron chi connectivity index (χ4n) is 3.58. The summed E-state index contributed by atoms with van der Waals surface area (Å²) in [6.07, 6.45) is 7.82. The van der Waals surface area contributed by atoms with Crippen LogP contribution in [0.1, 0.15) is 28.7 Å². The Morgan fingerprint density at radius 3 is 2.88 bits per heavy atom. The molecule has 3 N–H and O–H groups in total. The van der Waals surface area contributed by atoms with Crippen LogP contribution < -0.4 is 10.6 Å². The second-order valence-corrected chi connectivity index (χ2v) is 6.52. The molecule has 0 aromatic carbocycles. The Hall–Kier alpha value is -3.42. The van der Waals surface area contributed by atoms with Gasteiger partial charge in [0.05, 0.1) is 41.3 Å². The summed E-state index contributed by atoms with van der Waals surface area (Å²) in [5.74, 6) is 0.631. The topological polar surface area (TPSA) is 101 Å². The first-order valence-corrected chi connectivity index (χ1v) is 8.52. The molecule has 8 heteroatoms. The van der Waals surface area contributed by atoms with Crippen LogP contribution in [0, 0.1) is 6.92 Å². The third-order valence-corrected chi connectivity index (χ3v) is 4.85. The molecule has 0 spiro atoms. The first-order valence-electron chi connectivity index (χ1n) is 8.52. The number of hydrogen-bond acceptors (Lipinski definition) is 6. The van der Waals surface area contributed by atoms with Crippen molar-refractivity contribution in [1.82, 2.24) is 29.5 Å². The summed E-state index contributed by atoms with van der Waals surface area (Å²) in [6, 6.07) is 6.06. The fraction of sp³-hybridized carbons (Fsp3) is 0.222. The summed E-state index contributed by atoms with van der Waals surface area (Å²) in [7, 11) is 0. The summed E-state index contributed by atoms with van der Waals surface area (Å²) in [4.78, 5) is 18.8. The van der Waals surface area contributed by atoms with Gasteiger partial charge in [0.25, 0.3) is 0 Å². The molecule has 26 heavy (non-hydrogen) atoms. The molecule has 1 atom stereocenters. The van der Waals surface area contributed by atoms with Crippen molar-refractivity contribution in [2.45, 2.75) is 19.4 Å².